The predicted molar refractivity (Wildman–Crippen MR) is 110 cm³/mol. The minimum absolute atomic E-state index is 0.0463. The number of benzene rings is 2. The summed E-state index contributed by atoms with van der Waals surface area (Å²) in [7, 11) is -3.85. The Morgan fingerprint density at radius 2 is 1.77 bits per heavy atom. The third-order valence-corrected chi connectivity index (χ3v) is 6.86. The minimum Gasteiger partial charge on any atom is -0.347 e. The van der Waals surface area contributed by atoms with Crippen LogP contribution in [0, 0.1) is 17.1 Å². The van der Waals surface area contributed by atoms with Gasteiger partial charge in [0.15, 0.2) is 0 Å². The van der Waals surface area contributed by atoms with E-state index in [-0.39, 0.29) is 55.5 Å². The number of carbonyl (C=O) groups is 2. The Morgan fingerprint density at radius 3 is 2.45 bits per heavy atom. The maximum absolute atomic E-state index is 13.2. The van der Waals surface area contributed by atoms with Crippen LogP contribution in [0.1, 0.15) is 11.1 Å². The van der Waals surface area contributed by atoms with E-state index in [0.29, 0.717) is 5.56 Å². The highest BCUT2D eigenvalue weighted by molar-refractivity contribution is 7.89. The predicted octanol–water partition coefficient (Wildman–Crippen LogP) is 0.889. The van der Waals surface area contributed by atoms with E-state index >= 15 is 0 Å². The average molecular weight is 444 g/mol. The summed E-state index contributed by atoms with van der Waals surface area (Å²) >= 11 is 0. The zero-order valence-electron chi connectivity index (χ0n) is 16.6. The number of nitriles is 1. The van der Waals surface area contributed by atoms with Crippen LogP contribution in [0.4, 0.5) is 4.39 Å². The molecule has 8 nitrogen and oxygen atoms in total. The lowest BCUT2D eigenvalue weighted by atomic mass is 10.1. The molecule has 0 aromatic heterocycles. The van der Waals surface area contributed by atoms with Crippen molar-refractivity contribution < 1.29 is 22.4 Å². The van der Waals surface area contributed by atoms with Crippen molar-refractivity contribution >= 4 is 21.8 Å². The van der Waals surface area contributed by atoms with Gasteiger partial charge in [-0.05, 0) is 29.8 Å². The normalized spacial score (nSPS) is 14.6. The van der Waals surface area contributed by atoms with Crippen molar-refractivity contribution in [2.45, 2.75) is 11.3 Å². The first-order valence-electron chi connectivity index (χ1n) is 9.59. The quantitative estimate of drug-likeness (QED) is 0.712. The van der Waals surface area contributed by atoms with Gasteiger partial charge in [0, 0.05) is 26.2 Å². The first-order valence-corrected chi connectivity index (χ1v) is 11.0. The SMILES string of the molecule is N#Cc1ccccc1S(=O)(=O)N1CCN(C(=O)CNC(=O)Cc2cccc(F)c2)CC1. The van der Waals surface area contributed by atoms with Crippen LogP contribution in [0.15, 0.2) is 53.4 Å². The highest BCUT2D eigenvalue weighted by atomic mass is 32.2. The van der Waals surface area contributed by atoms with E-state index < -0.39 is 21.7 Å². The molecule has 2 amide bonds. The molecule has 31 heavy (non-hydrogen) atoms. The van der Waals surface area contributed by atoms with Crippen LogP contribution in [-0.4, -0.2) is 62.2 Å². The first-order chi connectivity index (χ1) is 14.8. The Balaban J connectivity index is 1.51. The number of hydrogen-bond acceptors (Lipinski definition) is 5. The molecule has 0 saturated carbocycles. The van der Waals surface area contributed by atoms with Crippen molar-refractivity contribution in [1.29, 1.82) is 5.26 Å². The van der Waals surface area contributed by atoms with Crippen LogP contribution in [0.5, 0.6) is 0 Å². The van der Waals surface area contributed by atoms with E-state index in [1.807, 2.05) is 6.07 Å². The van der Waals surface area contributed by atoms with Crippen LogP contribution >= 0.6 is 0 Å². The van der Waals surface area contributed by atoms with Crippen molar-refractivity contribution in [3.8, 4) is 6.07 Å². The fourth-order valence-electron chi connectivity index (χ4n) is 3.28. The van der Waals surface area contributed by atoms with E-state index in [4.69, 9.17) is 5.26 Å². The van der Waals surface area contributed by atoms with Gasteiger partial charge in [0.25, 0.3) is 0 Å². The van der Waals surface area contributed by atoms with Gasteiger partial charge in [0.1, 0.15) is 11.9 Å². The molecule has 162 valence electrons. The highest BCUT2D eigenvalue weighted by Gasteiger charge is 2.31. The molecule has 1 saturated heterocycles. The fraction of sp³-hybridized carbons (Fsp3) is 0.286. The molecule has 0 atom stereocenters. The smallest absolute Gasteiger partial charge is 0.244 e. The number of carbonyl (C=O) groups excluding carboxylic acids is 2. The minimum atomic E-state index is -3.85. The number of sulfonamides is 1. The summed E-state index contributed by atoms with van der Waals surface area (Å²) in [6, 6.07) is 13.5. The van der Waals surface area contributed by atoms with Gasteiger partial charge in [0.2, 0.25) is 21.8 Å². The Bertz CT molecular complexity index is 1120. The maximum Gasteiger partial charge on any atom is 0.244 e. The molecular formula is C21H21FN4O4S. The van der Waals surface area contributed by atoms with Crippen molar-refractivity contribution in [2.24, 2.45) is 0 Å². The highest BCUT2D eigenvalue weighted by Crippen LogP contribution is 2.21. The van der Waals surface area contributed by atoms with Gasteiger partial charge in [-0.2, -0.15) is 9.57 Å². The summed E-state index contributed by atoms with van der Waals surface area (Å²) in [5, 5.41) is 11.7. The average Bonchev–Trinajstić information content (AvgIpc) is 2.77. The van der Waals surface area contributed by atoms with E-state index in [1.165, 1.54) is 39.5 Å². The second-order valence-electron chi connectivity index (χ2n) is 6.98. The molecular weight excluding hydrogens is 423 g/mol. The lowest BCUT2D eigenvalue weighted by molar-refractivity contribution is -0.133. The van der Waals surface area contributed by atoms with Gasteiger partial charge < -0.3 is 10.2 Å². The Kier molecular flexibility index (Phi) is 6.99. The zero-order valence-corrected chi connectivity index (χ0v) is 17.4. The molecule has 1 heterocycles. The third-order valence-electron chi connectivity index (χ3n) is 4.91. The summed E-state index contributed by atoms with van der Waals surface area (Å²) in [4.78, 5) is 25.8. The number of rotatable bonds is 6. The summed E-state index contributed by atoms with van der Waals surface area (Å²) < 4.78 is 40.1. The molecule has 0 spiro atoms. The number of amides is 2. The van der Waals surface area contributed by atoms with Gasteiger partial charge >= 0.3 is 0 Å². The van der Waals surface area contributed by atoms with E-state index in [1.54, 1.807) is 18.2 Å². The summed E-state index contributed by atoms with van der Waals surface area (Å²) in [6.07, 6.45) is -0.0463. The van der Waals surface area contributed by atoms with Crippen LogP contribution in [0.3, 0.4) is 0 Å². The van der Waals surface area contributed by atoms with E-state index in [2.05, 4.69) is 5.32 Å². The molecule has 0 aliphatic carbocycles. The fourth-order valence-corrected chi connectivity index (χ4v) is 4.85. The number of nitrogens with zero attached hydrogens (tertiary/aromatic N) is 3. The van der Waals surface area contributed by atoms with Crippen LogP contribution < -0.4 is 5.32 Å². The van der Waals surface area contributed by atoms with Gasteiger partial charge in [-0.25, -0.2) is 12.8 Å². The van der Waals surface area contributed by atoms with E-state index in [9.17, 15) is 22.4 Å². The molecule has 1 aliphatic heterocycles. The molecule has 2 aromatic carbocycles. The van der Waals surface area contributed by atoms with Gasteiger partial charge in [-0.1, -0.05) is 24.3 Å². The summed E-state index contributed by atoms with van der Waals surface area (Å²) in [5.74, 6) is -1.18. The molecule has 0 radical (unpaired) electrons. The molecule has 1 N–H and O–H groups in total. The molecule has 10 heteroatoms. The number of nitrogens with one attached hydrogen (secondary N) is 1. The number of hydrogen-bond donors (Lipinski definition) is 1. The van der Waals surface area contributed by atoms with Crippen molar-refractivity contribution in [3.05, 3.63) is 65.5 Å². The standard InChI is InChI=1S/C21H21FN4O4S/c22-18-6-3-4-16(12-18)13-20(27)24-15-21(28)25-8-10-26(11-9-25)31(29,30)19-7-2-1-5-17(19)14-23/h1-7,12H,8-11,13,15H2,(H,24,27). The second kappa shape index (κ2) is 9.68. The maximum atomic E-state index is 13.2. The Hall–Kier alpha value is -3.29. The van der Waals surface area contributed by atoms with Gasteiger partial charge in [-0.3, -0.25) is 9.59 Å². The molecule has 3 rings (SSSR count). The van der Waals surface area contributed by atoms with Crippen molar-refractivity contribution in [3.63, 3.8) is 0 Å². The zero-order chi connectivity index (χ0) is 22.4. The third kappa shape index (κ3) is 5.45. The van der Waals surface area contributed by atoms with Crippen molar-refractivity contribution in [1.82, 2.24) is 14.5 Å². The largest absolute Gasteiger partial charge is 0.347 e. The monoisotopic (exact) mass is 444 g/mol. The van der Waals surface area contributed by atoms with Crippen LogP contribution in [0.2, 0.25) is 0 Å². The lowest BCUT2D eigenvalue weighted by Gasteiger charge is -2.34. The summed E-state index contributed by atoms with van der Waals surface area (Å²) in [5.41, 5.74) is 0.573. The van der Waals surface area contributed by atoms with E-state index in [0.717, 1.165) is 0 Å². The Labute approximate surface area is 179 Å². The van der Waals surface area contributed by atoms with Crippen LogP contribution in [-0.2, 0) is 26.0 Å². The molecule has 1 aliphatic rings. The molecule has 0 unspecified atom stereocenters. The first kappa shape index (κ1) is 22.4. The van der Waals surface area contributed by atoms with Gasteiger partial charge in [0.05, 0.1) is 23.4 Å². The van der Waals surface area contributed by atoms with Crippen LogP contribution in [0.25, 0.3) is 0 Å². The molecule has 1 fully saturated rings. The van der Waals surface area contributed by atoms with Crippen molar-refractivity contribution in [2.75, 3.05) is 32.7 Å². The molecule has 2 aromatic rings. The second-order valence-corrected chi connectivity index (χ2v) is 8.88. The number of halogens is 1. The molecule has 0 bridgehead atoms. The summed E-state index contributed by atoms with van der Waals surface area (Å²) in [6.45, 7) is 0.299. The lowest BCUT2D eigenvalue weighted by Crippen LogP contribution is -2.52. The number of piperazine rings is 1. The Morgan fingerprint density at radius 1 is 1.06 bits per heavy atom. The topological polar surface area (TPSA) is 111 Å². The van der Waals surface area contributed by atoms with Gasteiger partial charge in [-0.15, -0.1) is 0 Å².